The molecule has 54 valence electrons. The second-order valence-corrected chi connectivity index (χ2v) is 2.18. The van der Waals surface area contributed by atoms with Gasteiger partial charge in [0.15, 0.2) is 6.29 Å². The highest BCUT2D eigenvalue weighted by molar-refractivity contribution is 4.65. The van der Waals surface area contributed by atoms with Crippen LogP contribution in [0.15, 0.2) is 0 Å². The molecule has 1 N–H and O–H groups in total. The first-order chi connectivity index (χ1) is 4.36. The Morgan fingerprint density at radius 1 is 1.67 bits per heavy atom. The smallest absolute Gasteiger partial charge is 0.157 e. The largest absolute Gasteiger partial charge is 0.394 e. The van der Waals surface area contributed by atoms with Gasteiger partial charge in [-0.2, -0.15) is 0 Å². The lowest BCUT2D eigenvalue weighted by molar-refractivity contribution is -0.122. The van der Waals surface area contributed by atoms with Gasteiger partial charge in [-0.3, -0.25) is 0 Å². The maximum Gasteiger partial charge on any atom is 0.157 e. The van der Waals surface area contributed by atoms with Gasteiger partial charge in [-0.05, 0) is 6.42 Å². The number of hydrogen-bond acceptors (Lipinski definition) is 3. The lowest BCUT2D eigenvalue weighted by atomic mass is 10.2. The fraction of sp³-hybridized carbons (Fsp3) is 1.00. The van der Waals surface area contributed by atoms with Crippen molar-refractivity contribution in [2.75, 3.05) is 13.7 Å². The Morgan fingerprint density at radius 2 is 2.44 bits per heavy atom. The number of aliphatic hydroxyl groups is 1. The molecule has 0 aliphatic carbocycles. The average molecular weight is 132 g/mol. The van der Waals surface area contributed by atoms with Gasteiger partial charge in [-0.1, -0.05) is 0 Å². The molecule has 3 heteroatoms. The van der Waals surface area contributed by atoms with E-state index in [1.165, 1.54) is 0 Å². The summed E-state index contributed by atoms with van der Waals surface area (Å²) in [5, 5.41) is 8.60. The molecule has 1 heterocycles. The summed E-state index contributed by atoms with van der Waals surface area (Å²) < 4.78 is 10.1. The fourth-order valence-corrected chi connectivity index (χ4v) is 0.980. The quantitative estimate of drug-likeness (QED) is 0.580. The zero-order valence-electron chi connectivity index (χ0n) is 5.54. The molecule has 0 aromatic rings. The van der Waals surface area contributed by atoms with E-state index < -0.39 is 0 Å². The summed E-state index contributed by atoms with van der Waals surface area (Å²) in [5.41, 5.74) is 0. The van der Waals surface area contributed by atoms with E-state index in [0.29, 0.717) is 0 Å². The molecule has 0 amide bonds. The Morgan fingerprint density at radius 3 is 2.78 bits per heavy atom. The molecular formula is C6H12O3. The van der Waals surface area contributed by atoms with Crippen molar-refractivity contribution in [2.45, 2.75) is 25.2 Å². The number of hydrogen-bond donors (Lipinski definition) is 1. The first-order valence-electron chi connectivity index (χ1n) is 3.16. The minimum Gasteiger partial charge on any atom is -0.394 e. The van der Waals surface area contributed by atoms with Gasteiger partial charge < -0.3 is 14.6 Å². The number of rotatable bonds is 2. The maximum atomic E-state index is 8.60. The number of ether oxygens (including phenoxy) is 2. The molecule has 0 bridgehead atoms. The highest BCUT2D eigenvalue weighted by Crippen LogP contribution is 2.18. The van der Waals surface area contributed by atoms with Gasteiger partial charge >= 0.3 is 0 Å². The molecule has 3 nitrogen and oxygen atoms in total. The van der Waals surface area contributed by atoms with Crippen LogP contribution in [0.1, 0.15) is 12.8 Å². The molecule has 1 rings (SSSR count). The van der Waals surface area contributed by atoms with Crippen molar-refractivity contribution in [3.05, 3.63) is 0 Å². The summed E-state index contributed by atoms with van der Waals surface area (Å²) in [6.07, 6.45) is 1.74. The van der Waals surface area contributed by atoms with Crippen LogP contribution in [0.3, 0.4) is 0 Å². The summed E-state index contributed by atoms with van der Waals surface area (Å²) in [6, 6.07) is 0. The summed E-state index contributed by atoms with van der Waals surface area (Å²) in [4.78, 5) is 0. The Kier molecular flexibility index (Phi) is 2.45. The molecule has 0 aromatic carbocycles. The zero-order valence-corrected chi connectivity index (χ0v) is 5.54. The molecule has 1 aliphatic heterocycles. The third-order valence-corrected chi connectivity index (χ3v) is 1.54. The SMILES string of the molecule is CO[C@H]1CCC(CO)O1. The van der Waals surface area contributed by atoms with Crippen LogP contribution in [0.25, 0.3) is 0 Å². The van der Waals surface area contributed by atoms with Crippen LogP contribution in [-0.4, -0.2) is 31.2 Å². The van der Waals surface area contributed by atoms with Gasteiger partial charge in [0.1, 0.15) is 0 Å². The third-order valence-electron chi connectivity index (χ3n) is 1.54. The van der Waals surface area contributed by atoms with Crippen molar-refractivity contribution in [1.29, 1.82) is 0 Å². The third kappa shape index (κ3) is 1.64. The van der Waals surface area contributed by atoms with Crippen LogP contribution in [0.2, 0.25) is 0 Å². The molecule has 1 aliphatic rings. The summed E-state index contributed by atoms with van der Waals surface area (Å²) >= 11 is 0. The van der Waals surface area contributed by atoms with Gasteiger partial charge in [0, 0.05) is 13.5 Å². The van der Waals surface area contributed by atoms with Crippen LogP contribution < -0.4 is 0 Å². The molecule has 0 saturated carbocycles. The molecule has 2 atom stereocenters. The van der Waals surface area contributed by atoms with Crippen molar-refractivity contribution in [1.82, 2.24) is 0 Å². The molecule has 1 fully saturated rings. The normalized spacial score (nSPS) is 35.3. The Labute approximate surface area is 54.6 Å². The number of methoxy groups -OCH3 is 1. The van der Waals surface area contributed by atoms with Crippen LogP contribution in [0, 0.1) is 0 Å². The Bertz CT molecular complexity index is 74.4. The van der Waals surface area contributed by atoms with Gasteiger partial charge in [0.05, 0.1) is 12.7 Å². The van der Waals surface area contributed by atoms with Crippen molar-refractivity contribution >= 4 is 0 Å². The van der Waals surface area contributed by atoms with Gasteiger partial charge in [-0.25, -0.2) is 0 Å². The molecular weight excluding hydrogens is 120 g/mol. The first kappa shape index (κ1) is 6.99. The highest BCUT2D eigenvalue weighted by atomic mass is 16.7. The van der Waals surface area contributed by atoms with E-state index >= 15 is 0 Å². The van der Waals surface area contributed by atoms with Crippen LogP contribution in [0.4, 0.5) is 0 Å². The topological polar surface area (TPSA) is 38.7 Å². The number of aliphatic hydroxyl groups excluding tert-OH is 1. The van der Waals surface area contributed by atoms with Crippen molar-refractivity contribution in [2.24, 2.45) is 0 Å². The van der Waals surface area contributed by atoms with E-state index in [0.717, 1.165) is 12.8 Å². The average Bonchev–Trinajstić information content (AvgIpc) is 2.34. The van der Waals surface area contributed by atoms with E-state index in [1.807, 2.05) is 0 Å². The van der Waals surface area contributed by atoms with Gasteiger partial charge in [-0.15, -0.1) is 0 Å². The molecule has 1 unspecified atom stereocenters. The second kappa shape index (κ2) is 3.15. The van der Waals surface area contributed by atoms with Crippen LogP contribution in [0.5, 0.6) is 0 Å². The minimum absolute atomic E-state index is 0.00921. The predicted molar refractivity (Wildman–Crippen MR) is 32.0 cm³/mol. The first-order valence-corrected chi connectivity index (χ1v) is 3.16. The second-order valence-electron chi connectivity index (χ2n) is 2.18. The predicted octanol–water partition coefficient (Wildman–Crippen LogP) is 0.130. The van der Waals surface area contributed by atoms with Crippen molar-refractivity contribution in [3.63, 3.8) is 0 Å². The monoisotopic (exact) mass is 132 g/mol. The molecule has 9 heavy (non-hydrogen) atoms. The molecule has 1 saturated heterocycles. The standard InChI is InChI=1S/C6H12O3/c1-8-6-3-2-5(4-7)9-6/h5-7H,2-4H2,1H3/t5?,6-/m1/s1. The van der Waals surface area contributed by atoms with Crippen molar-refractivity contribution in [3.8, 4) is 0 Å². The fourth-order valence-electron chi connectivity index (χ4n) is 0.980. The summed E-state index contributed by atoms with van der Waals surface area (Å²) in [7, 11) is 1.62. The van der Waals surface area contributed by atoms with Crippen LogP contribution in [-0.2, 0) is 9.47 Å². The van der Waals surface area contributed by atoms with Gasteiger partial charge in [0.25, 0.3) is 0 Å². The maximum absolute atomic E-state index is 8.60. The van der Waals surface area contributed by atoms with Crippen molar-refractivity contribution < 1.29 is 14.6 Å². The molecule has 0 spiro atoms. The minimum atomic E-state index is -0.0813. The lowest BCUT2D eigenvalue weighted by Crippen LogP contribution is -2.15. The Balaban J connectivity index is 2.20. The zero-order chi connectivity index (χ0) is 6.69. The van der Waals surface area contributed by atoms with E-state index in [-0.39, 0.29) is 19.0 Å². The summed E-state index contributed by atoms with van der Waals surface area (Å²) in [5.74, 6) is 0. The van der Waals surface area contributed by atoms with Gasteiger partial charge in [0.2, 0.25) is 0 Å². The van der Waals surface area contributed by atoms with Crippen LogP contribution >= 0.6 is 0 Å². The lowest BCUT2D eigenvalue weighted by Gasteiger charge is -2.08. The molecule has 0 radical (unpaired) electrons. The molecule has 0 aromatic heterocycles. The summed E-state index contributed by atoms with van der Waals surface area (Å²) in [6.45, 7) is 0.111. The van der Waals surface area contributed by atoms with E-state index in [1.54, 1.807) is 7.11 Å². The van der Waals surface area contributed by atoms with E-state index in [2.05, 4.69) is 0 Å². The van der Waals surface area contributed by atoms with E-state index in [4.69, 9.17) is 14.6 Å². The van der Waals surface area contributed by atoms with E-state index in [9.17, 15) is 0 Å². The Hall–Kier alpha value is -0.120. The highest BCUT2D eigenvalue weighted by Gasteiger charge is 2.23.